The summed E-state index contributed by atoms with van der Waals surface area (Å²) in [5, 5.41) is 3.12. The third-order valence-electron chi connectivity index (χ3n) is 3.15. The summed E-state index contributed by atoms with van der Waals surface area (Å²) >= 11 is 0. The van der Waals surface area contributed by atoms with Crippen LogP contribution < -0.4 is 10.1 Å². The molecule has 0 aliphatic rings. The van der Waals surface area contributed by atoms with Gasteiger partial charge in [0.1, 0.15) is 18.2 Å². The Morgan fingerprint density at radius 3 is 2.57 bits per heavy atom. The molecule has 4 nitrogen and oxygen atoms in total. The fourth-order valence-electron chi connectivity index (χ4n) is 1.91. The fourth-order valence-corrected chi connectivity index (χ4v) is 1.91. The molecule has 0 saturated heterocycles. The van der Waals surface area contributed by atoms with Gasteiger partial charge in [-0.15, -0.1) is 0 Å². The molecular weight excluding hydrogens is 262 g/mol. The summed E-state index contributed by atoms with van der Waals surface area (Å²) in [6, 6.07) is 8.20. The van der Waals surface area contributed by atoms with Crippen LogP contribution >= 0.6 is 0 Å². The molecule has 0 fully saturated rings. The number of aromatic nitrogens is 2. The number of benzene rings is 1. The molecule has 1 heterocycles. The lowest BCUT2D eigenvalue weighted by Gasteiger charge is -2.19. The molecule has 21 heavy (non-hydrogen) atoms. The summed E-state index contributed by atoms with van der Waals surface area (Å²) in [5.74, 6) is 1.65. The van der Waals surface area contributed by atoms with Crippen LogP contribution in [0.3, 0.4) is 0 Å². The molecule has 0 atom stereocenters. The molecule has 0 aliphatic heterocycles. The van der Waals surface area contributed by atoms with Crippen LogP contribution in [-0.4, -0.2) is 16.5 Å². The second-order valence-electron chi connectivity index (χ2n) is 5.99. The Balaban J connectivity index is 1.99. The van der Waals surface area contributed by atoms with Crippen molar-refractivity contribution in [3.8, 4) is 5.75 Å². The van der Waals surface area contributed by atoms with E-state index in [2.05, 4.69) is 48.2 Å². The summed E-state index contributed by atoms with van der Waals surface area (Å²) in [6.45, 7) is 9.86. The normalized spacial score (nSPS) is 11.2. The zero-order valence-electron chi connectivity index (χ0n) is 13.2. The van der Waals surface area contributed by atoms with Gasteiger partial charge in [-0.2, -0.15) is 0 Å². The molecule has 0 aliphatic carbocycles. The standard InChI is InChI=1S/C17H23N3O/c1-5-18-16-11-19-14(10-20-16)12-21-15-8-6-7-13(9-15)17(2,3)4/h6-11H,5,12H2,1-4H3,(H,18,20). The van der Waals surface area contributed by atoms with E-state index in [0.717, 1.165) is 23.8 Å². The van der Waals surface area contributed by atoms with Gasteiger partial charge in [-0.3, -0.25) is 4.98 Å². The Morgan fingerprint density at radius 2 is 1.95 bits per heavy atom. The molecule has 0 radical (unpaired) electrons. The van der Waals surface area contributed by atoms with Gasteiger partial charge in [-0.05, 0) is 30.0 Å². The second-order valence-corrected chi connectivity index (χ2v) is 5.99. The quantitative estimate of drug-likeness (QED) is 0.908. The number of ether oxygens (including phenoxy) is 1. The van der Waals surface area contributed by atoms with Crippen molar-refractivity contribution in [2.75, 3.05) is 11.9 Å². The predicted octanol–water partition coefficient (Wildman–Crippen LogP) is 3.78. The van der Waals surface area contributed by atoms with Crippen LogP contribution in [0.4, 0.5) is 5.82 Å². The highest BCUT2D eigenvalue weighted by Crippen LogP contribution is 2.25. The monoisotopic (exact) mass is 285 g/mol. The molecule has 4 heteroatoms. The van der Waals surface area contributed by atoms with Crippen LogP contribution in [0.1, 0.15) is 39.0 Å². The van der Waals surface area contributed by atoms with Gasteiger partial charge >= 0.3 is 0 Å². The van der Waals surface area contributed by atoms with Gasteiger partial charge in [0.15, 0.2) is 0 Å². The van der Waals surface area contributed by atoms with Crippen LogP contribution in [0.15, 0.2) is 36.7 Å². The number of rotatable bonds is 5. The summed E-state index contributed by atoms with van der Waals surface area (Å²) < 4.78 is 5.80. The van der Waals surface area contributed by atoms with Crippen molar-refractivity contribution in [2.45, 2.75) is 39.7 Å². The van der Waals surface area contributed by atoms with Crippen LogP contribution in [-0.2, 0) is 12.0 Å². The van der Waals surface area contributed by atoms with E-state index in [4.69, 9.17) is 4.74 Å². The molecule has 0 saturated carbocycles. The van der Waals surface area contributed by atoms with Crippen LogP contribution in [0.5, 0.6) is 5.75 Å². The van der Waals surface area contributed by atoms with Crippen molar-refractivity contribution in [1.29, 1.82) is 0 Å². The van der Waals surface area contributed by atoms with Crippen LogP contribution in [0.2, 0.25) is 0 Å². The maximum absolute atomic E-state index is 5.80. The zero-order valence-corrected chi connectivity index (χ0v) is 13.2. The molecule has 0 unspecified atom stereocenters. The predicted molar refractivity (Wildman–Crippen MR) is 85.7 cm³/mol. The van der Waals surface area contributed by atoms with Gasteiger partial charge in [0.05, 0.1) is 18.1 Å². The number of nitrogens with zero attached hydrogens (tertiary/aromatic N) is 2. The average molecular weight is 285 g/mol. The van der Waals surface area contributed by atoms with E-state index in [1.807, 2.05) is 19.1 Å². The lowest BCUT2D eigenvalue weighted by molar-refractivity contribution is 0.300. The van der Waals surface area contributed by atoms with Crippen molar-refractivity contribution in [3.63, 3.8) is 0 Å². The summed E-state index contributed by atoms with van der Waals surface area (Å²) in [4.78, 5) is 8.62. The fraction of sp³-hybridized carbons (Fsp3) is 0.412. The van der Waals surface area contributed by atoms with Gasteiger partial charge in [0.2, 0.25) is 0 Å². The Hall–Kier alpha value is -2.10. The lowest BCUT2D eigenvalue weighted by atomic mass is 9.87. The highest BCUT2D eigenvalue weighted by molar-refractivity contribution is 5.33. The second kappa shape index (κ2) is 6.57. The first-order valence-corrected chi connectivity index (χ1v) is 7.27. The minimum atomic E-state index is 0.118. The van der Waals surface area contributed by atoms with E-state index < -0.39 is 0 Å². The molecule has 0 bridgehead atoms. The van der Waals surface area contributed by atoms with Gasteiger partial charge in [0.25, 0.3) is 0 Å². The van der Waals surface area contributed by atoms with E-state index in [1.165, 1.54) is 5.56 Å². The molecule has 2 aromatic rings. The summed E-state index contributed by atoms with van der Waals surface area (Å²) in [7, 11) is 0. The smallest absolute Gasteiger partial charge is 0.144 e. The highest BCUT2D eigenvalue weighted by Gasteiger charge is 2.13. The number of anilines is 1. The van der Waals surface area contributed by atoms with E-state index in [-0.39, 0.29) is 5.41 Å². The molecular formula is C17H23N3O. The molecule has 1 aromatic carbocycles. The first-order valence-electron chi connectivity index (χ1n) is 7.27. The van der Waals surface area contributed by atoms with Crippen molar-refractivity contribution < 1.29 is 4.74 Å². The number of nitrogens with one attached hydrogen (secondary N) is 1. The molecule has 1 N–H and O–H groups in total. The zero-order chi connectivity index (χ0) is 15.3. The van der Waals surface area contributed by atoms with Crippen molar-refractivity contribution in [3.05, 3.63) is 47.9 Å². The van der Waals surface area contributed by atoms with Crippen molar-refractivity contribution >= 4 is 5.82 Å². The van der Waals surface area contributed by atoms with Gasteiger partial charge in [0, 0.05) is 6.54 Å². The van der Waals surface area contributed by atoms with Crippen molar-refractivity contribution in [1.82, 2.24) is 9.97 Å². The van der Waals surface area contributed by atoms with Crippen LogP contribution in [0, 0.1) is 0 Å². The van der Waals surface area contributed by atoms with Crippen LogP contribution in [0.25, 0.3) is 0 Å². The maximum atomic E-state index is 5.80. The number of hydrogen-bond donors (Lipinski definition) is 1. The third-order valence-corrected chi connectivity index (χ3v) is 3.15. The maximum Gasteiger partial charge on any atom is 0.144 e. The minimum absolute atomic E-state index is 0.118. The Kier molecular flexibility index (Phi) is 4.78. The Morgan fingerprint density at radius 1 is 1.14 bits per heavy atom. The van der Waals surface area contributed by atoms with Crippen molar-refractivity contribution in [2.24, 2.45) is 0 Å². The third kappa shape index (κ3) is 4.45. The molecule has 0 amide bonds. The average Bonchev–Trinajstić information content (AvgIpc) is 2.46. The largest absolute Gasteiger partial charge is 0.487 e. The minimum Gasteiger partial charge on any atom is -0.487 e. The molecule has 0 spiro atoms. The topological polar surface area (TPSA) is 47.0 Å². The summed E-state index contributed by atoms with van der Waals surface area (Å²) in [5.41, 5.74) is 2.19. The highest BCUT2D eigenvalue weighted by atomic mass is 16.5. The van der Waals surface area contributed by atoms with Gasteiger partial charge in [-0.25, -0.2) is 4.98 Å². The molecule has 2 rings (SSSR count). The van der Waals surface area contributed by atoms with Gasteiger partial charge < -0.3 is 10.1 Å². The molecule has 1 aromatic heterocycles. The van der Waals surface area contributed by atoms with E-state index in [0.29, 0.717) is 6.61 Å². The molecule has 112 valence electrons. The van der Waals surface area contributed by atoms with Gasteiger partial charge in [-0.1, -0.05) is 32.9 Å². The van der Waals surface area contributed by atoms with E-state index in [1.54, 1.807) is 12.4 Å². The lowest BCUT2D eigenvalue weighted by Crippen LogP contribution is -2.11. The van der Waals surface area contributed by atoms with E-state index >= 15 is 0 Å². The SMILES string of the molecule is CCNc1cnc(COc2cccc(C(C)(C)C)c2)cn1. The number of hydrogen-bond acceptors (Lipinski definition) is 4. The first-order chi connectivity index (χ1) is 9.99. The first kappa shape index (κ1) is 15.3. The van der Waals surface area contributed by atoms with E-state index in [9.17, 15) is 0 Å². The Bertz CT molecular complexity index is 573. The Labute approximate surface area is 126 Å². The summed E-state index contributed by atoms with van der Waals surface area (Å²) in [6.07, 6.45) is 3.47.